The number of anilines is 1. The number of carbonyl (C=O) groups excluding carboxylic acids is 1. The monoisotopic (exact) mass is 560 g/mol. The summed E-state index contributed by atoms with van der Waals surface area (Å²) < 4.78 is 57.2. The van der Waals surface area contributed by atoms with Crippen molar-refractivity contribution >= 4 is 48.8 Å². The predicted octanol–water partition coefficient (Wildman–Crippen LogP) is 3.99. The van der Waals surface area contributed by atoms with Gasteiger partial charge in [0.05, 0.1) is 40.8 Å². The van der Waals surface area contributed by atoms with Gasteiger partial charge in [0.2, 0.25) is 15.2 Å². The molecule has 4 aromatic rings. The van der Waals surface area contributed by atoms with Gasteiger partial charge in [-0.25, -0.2) is 17.8 Å². The van der Waals surface area contributed by atoms with Gasteiger partial charge in [-0.05, 0) is 54.6 Å². The molecule has 0 N–H and O–H groups in total. The van der Waals surface area contributed by atoms with Gasteiger partial charge in [0.15, 0.2) is 0 Å². The van der Waals surface area contributed by atoms with Crippen LogP contribution in [0.2, 0.25) is 0 Å². The zero-order valence-electron chi connectivity index (χ0n) is 20.6. The third-order valence-corrected chi connectivity index (χ3v) is 8.29. The number of methoxy groups -OCH3 is 2. The molecule has 2 heterocycles. The van der Waals surface area contributed by atoms with Crippen LogP contribution < -0.4 is 5.01 Å². The van der Waals surface area contributed by atoms with Gasteiger partial charge in [0.25, 0.3) is 5.91 Å². The molecule has 0 aliphatic rings. The van der Waals surface area contributed by atoms with Crippen LogP contribution in [0.25, 0.3) is 10.2 Å². The zero-order chi connectivity index (χ0) is 27.1. The standard InChI is InChI=1S/C25H25FN4O6S2/c1-34-14-11-29(12-15-35-2)38(32,33)21-8-5-18(6-9-21)24(31)30(27-17-20-4-3-13-36-20)25-28-22-10-7-19(26)16-23(22)37-25/h3-10,13,16-17H,11-12,14-15H2,1-2H3/b27-17+. The molecule has 4 rings (SSSR count). The smallest absolute Gasteiger partial charge is 0.280 e. The number of sulfonamides is 1. The predicted molar refractivity (Wildman–Crippen MR) is 142 cm³/mol. The highest BCUT2D eigenvalue weighted by Crippen LogP contribution is 2.31. The van der Waals surface area contributed by atoms with E-state index in [4.69, 9.17) is 13.9 Å². The number of hydrogen-bond donors (Lipinski definition) is 0. The summed E-state index contributed by atoms with van der Waals surface area (Å²) >= 11 is 1.09. The maximum absolute atomic E-state index is 13.7. The van der Waals surface area contributed by atoms with E-state index in [9.17, 15) is 17.6 Å². The Morgan fingerprint density at radius 2 is 1.82 bits per heavy atom. The Morgan fingerprint density at radius 1 is 1.11 bits per heavy atom. The number of hydrogen-bond acceptors (Lipinski definition) is 9. The Morgan fingerprint density at radius 3 is 2.45 bits per heavy atom. The Labute approximate surface area is 223 Å². The van der Waals surface area contributed by atoms with Crippen molar-refractivity contribution < 1.29 is 31.5 Å². The van der Waals surface area contributed by atoms with Crippen LogP contribution in [0.15, 0.2) is 75.3 Å². The topological polar surface area (TPSA) is 115 Å². The molecule has 0 saturated carbocycles. The van der Waals surface area contributed by atoms with Crippen LogP contribution in [0, 0.1) is 5.82 Å². The first kappa shape index (κ1) is 27.5. The summed E-state index contributed by atoms with van der Waals surface area (Å²) in [5.74, 6) is -0.581. The van der Waals surface area contributed by atoms with Gasteiger partial charge in [-0.1, -0.05) is 11.3 Å². The van der Waals surface area contributed by atoms with Gasteiger partial charge in [0, 0.05) is 32.9 Å². The van der Waals surface area contributed by atoms with Crippen LogP contribution in [-0.2, 0) is 19.5 Å². The number of fused-ring (bicyclic) bond motifs is 1. The van der Waals surface area contributed by atoms with Crippen molar-refractivity contribution in [3.05, 3.63) is 78.0 Å². The van der Waals surface area contributed by atoms with E-state index < -0.39 is 21.7 Å². The average molecular weight is 561 g/mol. The van der Waals surface area contributed by atoms with Crippen molar-refractivity contribution in [3.63, 3.8) is 0 Å². The summed E-state index contributed by atoms with van der Waals surface area (Å²) in [6, 6.07) is 13.0. The number of hydrazone groups is 1. The van der Waals surface area contributed by atoms with Crippen molar-refractivity contribution in [1.29, 1.82) is 0 Å². The second kappa shape index (κ2) is 12.4. The molecule has 1 amide bonds. The minimum atomic E-state index is -3.86. The Kier molecular flexibility index (Phi) is 8.97. The highest BCUT2D eigenvalue weighted by atomic mass is 32.2. The number of aromatic nitrogens is 1. The molecule has 2 aromatic carbocycles. The molecule has 0 spiro atoms. The van der Waals surface area contributed by atoms with E-state index in [2.05, 4.69) is 10.1 Å². The van der Waals surface area contributed by atoms with Crippen molar-refractivity contribution in [1.82, 2.24) is 9.29 Å². The minimum absolute atomic E-state index is 0.0161. The molecule has 200 valence electrons. The Hall–Kier alpha value is -3.49. The highest BCUT2D eigenvalue weighted by Gasteiger charge is 2.26. The number of amides is 1. The van der Waals surface area contributed by atoms with Crippen LogP contribution in [-0.4, -0.2) is 70.4 Å². The normalized spacial score (nSPS) is 12.1. The zero-order valence-corrected chi connectivity index (χ0v) is 22.2. The van der Waals surface area contributed by atoms with Crippen LogP contribution in [0.1, 0.15) is 16.1 Å². The van der Waals surface area contributed by atoms with Gasteiger partial charge < -0.3 is 13.9 Å². The number of halogens is 1. The molecule has 38 heavy (non-hydrogen) atoms. The SMILES string of the molecule is COCCN(CCOC)S(=O)(=O)c1ccc(C(=O)N(/N=C/c2ccco2)c2nc3ccc(F)cc3s2)cc1. The Bertz CT molecular complexity index is 1500. The van der Waals surface area contributed by atoms with Gasteiger partial charge in [-0.3, -0.25) is 4.79 Å². The molecule has 0 aliphatic heterocycles. The van der Waals surface area contributed by atoms with Gasteiger partial charge in [-0.15, -0.1) is 0 Å². The lowest BCUT2D eigenvalue weighted by molar-refractivity contribution is 0.0987. The highest BCUT2D eigenvalue weighted by molar-refractivity contribution is 7.89. The summed E-state index contributed by atoms with van der Waals surface area (Å²) in [4.78, 5) is 17.9. The van der Waals surface area contributed by atoms with E-state index in [1.165, 1.54) is 73.5 Å². The molecule has 0 radical (unpaired) electrons. The first-order chi connectivity index (χ1) is 18.3. The maximum Gasteiger partial charge on any atom is 0.280 e. The fourth-order valence-corrected chi connectivity index (χ4v) is 5.78. The molecule has 0 bridgehead atoms. The number of thiazole rings is 1. The second-order valence-electron chi connectivity index (χ2n) is 7.90. The van der Waals surface area contributed by atoms with E-state index in [-0.39, 0.29) is 41.9 Å². The molecule has 0 saturated heterocycles. The molecule has 0 aliphatic carbocycles. The van der Waals surface area contributed by atoms with Gasteiger partial charge in [0.1, 0.15) is 11.6 Å². The number of benzene rings is 2. The summed E-state index contributed by atoms with van der Waals surface area (Å²) in [5.41, 5.74) is 0.678. The fourth-order valence-electron chi connectivity index (χ4n) is 3.42. The van der Waals surface area contributed by atoms with Crippen molar-refractivity contribution in [2.75, 3.05) is 45.5 Å². The second-order valence-corrected chi connectivity index (χ2v) is 10.8. The lowest BCUT2D eigenvalue weighted by Crippen LogP contribution is -2.36. The lowest BCUT2D eigenvalue weighted by atomic mass is 10.2. The van der Waals surface area contributed by atoms with E-state index in [0.29, 0.717) is 16.0 Å². The molecule has 10 nitrogen and oxygen atoms in total. The molecule has 2 aromatic heterocycles. The average Bonchev–Trinajstić information content (AvgIpc) is 3.58. The fraction of sp³-hybridized carbons (Fsp3) is 0.240. The van der Waals surface area contributed by atoms with Crippen molar-refractivity contribution in [3.8, 4) is 0 Å². The number of carbonyl (C=O) groups is 1. The molecule has 0 fully saturated rings. The van der Waals surface area contributed by atoms with E-state index in [0.717, 1.165) is 16.3 Å². The van der Waals surface area contributed by atoms with Crippen LogP contribution in [0.4, 0.5) is 9.52 Å². The maximum atomic E-state index is 13.7. The number of ether oxygens (including phenoxy) is 2. The quantitative estimate of drug-likeness (QED) is 0.190. The third-order valence-electron chi connectivity index (χ3n) is 5.39. The first-order valence-electron chi connectivity index (χ1n) is 11.4. The molecule has 13 heteroatoms. The van der Waals surface area contributed by atoms with Crippen LogP contribution >= 0.6 is 11.3 Å². The van der Waals surface area contributed by atoms with Crippen LogP contribution in [0.5, 0.6) is 0 Å². The largest absolute Gasteiger partial charge is 0.463 e. The summed E-state index contributed by atoms with van der Waals surface area (Å²) in [5, 5.41) is 5.54. The molecule has 0 atom stereocenters. The Balaban J connectivity index is 1.64. The summed E-state index contributed by atoms with van der Waals surface area (Å²) in [6.07, 6.45) is 2.82. The number of furan rings is 1. The van der Waals surface area contributed by atoms with Crippen molar-refractivity contribution in [2.45, 2.75) is 4.90 Å². The minimum Gasteiger partial charge on any atom is -0.463 e. The first-order valence-corrected chi connectivity index (χ1v) is 13.7. The molecular formula is C25H25FN4O6S2. The lowest BCUT2D eigenvalue weighted by Gasteiger charge is -2.21. The number of nitrogens with zero attached hydrogens (tertiary/aromatic N) is 4. The third kappa shape index (κ3) is 6.31. The molecular weight excluding hydrogens is 535 g/mol. The van der Waals surface area contributed by atoms with Gasteiger partial charge >= 0.3 is 0 Å². The summed E-state index contributed by atoms with van der Waals surface area (Å²) in [6.45, 7) is 0.731. The van der Waals surface area contributed by atoms with Crippen molar-refractivity contribution in [2.24, 2.45) is 5.10 Å². The number of rotatable bonds is 12. The van der Waals surface area contributed by atoms with Gasteiger partial charge in [-0.2, -0.15) is 14.4 Å². The van der Waals surface area contributed by atoms with E-state index in [1.54, 1.807) is 12.1 Å². The van der Waals surface area contributed by atoms with E-state index in [1.807, 2.05) is 0 Å². The molecule has 0 unspecified atom stereocenters. The van der Waals surface area contributed by atoms with E-state index >= 15 is 0 Å². The van der Waals surface area contributed by atoms with Crippen LogP contribution in [0.3, 0.4) is 0 Å². The summed E-state index contributed by atoms with van der Waals surface area (Å²) in [7, 11) is -0.882.